The third-order valence-corrected chi connectivity index (χ3v) is 4.12. The van der Waals surface area contributed by atoms with Crippen LogP contribution in [0.5, 0.6) is 0 Å². The topological polar surface area (TPSA) is 132 Å². The Morgan fingerprint density at radius 1 is 0.786 bits per heavy atom. The maximum absolute atomic E-state index is 10.8. The standard InChI is InChI=1S/C9H8BNO4.C9H6BrNO2/c12-9-5-8(15-11-9)6-2-1-3-7(4-6)10(13)14;10-7-3-1-2-6(4-7)8-5-9(12)11-13-8/h1-5,13-14H,(H,11,12);1-5H,(H,11,12). The molecule has 0 aliphatic rings. The highest BCUT2D eigenvalue weighted by Crippen LogP contribution is 2.21. The first-order valence-electron chi connectivity index (χ1n) is 8.02. The molecule has 0 spiro atoms. The first-order valence-corrected chi connectivity index (χ1v) is 8.81. The fourth-order valence-electron chi connectivity index (χ4n) is 2.35. The summed E-state index contributed by atoms with van der Waals surface area (Å²) in [4.78, 5) is 21.6. The van der Waals surface area contributed by atoms with E-state index in [2.05, 4.69) is 26.2 Å². The molecule has 0 aliphatic carbocycles. The molecule has 4 aromatic rings. The van der Waals surface area contributed by atoms with E-state index in [0.29, 0.717) is 22.5 Å². The van der Waals surface area contributed by atoms with Gasteiger partial charge < -0.3 is 19.1 Å². The zero-order valence-corrected chi connectivity index (χ0v) is 15.8. The quantitative estimate of drug-likeness (QED) is 0.355. The summed E-state index contributed by atoms with van der Waals surface area (Å²) in [5.74, 6) is 0.911. The lowest BCUT2D eigenvalue weighted by Gasteiger charge is -2.00. The van der Waals surface area contributed by atoms with E-state index in [1.807, 2.05) is 24.3 Å². The van der Waals surface area contributed by atoms with Crippen LogP contribution in [0.4, 0.5) is 0 Å². The van der Waals surface area contributed by atoms with Crippen LogP contribution in [-0.2, 0) is 0 Å². The largest absolute Gasteiger partial charge is 0.488 e. The number of aromatic nitrogens is 2. The predicted octanol–water partition coefficient (Wildman–Crippen LogP) is 1.71. The third kappa shape index (κ3) is 5.00. The lowest BCUT2D eigenvalue weighted by Crippen LogP contribution is -2.29. The molecule has 0 atom stereocenters. The number of benzene rings is 2. The van der Waals surface area contributed by atoms with Crippen LogP contribution in [0.3, 0.4) is 0 Å². The predicted molar refractivity (Wildman–Crippen MR) is 107 cm³/mol. The number of hydrogen-bond acceptors (Lipinski definition) is 6. The number of nitrogens with one attached hydrogen (secondary N) is 2. The van der Waals surface area contributed by atoms with E-state index in [1.54, 1.807) is 18.2 Å². The maximum Gasteiger partial charge on any atom is 0.488 e. The summed E-state index contributed by atoms with van der Waals surface area (Å²) in [7, 11) is -1.53. The van der Waals surface area contributed by atoms with Crippen molar-refractivity contribution in [3.05, 3.63) is 85.8 Å². The second kappa shape index (κ2) is 8.74. The second-order valence-corrected chi connectivity index (χ2v) is 6.58. The number of H-pyrrole nitrogens is 2. The zero-order valence-electron chi connectivity index (χ0n) is 14.3. The molecular weight excluding hydrogens is 431 g/mol. The Kier molecular flexibility index (Phi) is 6.14. The summed E-state index contributed by atoms with van der Waals surface area (Å²) in [5, 5.41) is 22.3. The van der Waals surface area contributed by atoms with Gasteiger partial charge in [0, 0.05) is 15.6 Å². The Labute approximate surface area is 166 Å². The number of hydrogen-bond donors (Lipinski definition) is 4. The van der Waals surface area contributed by atoms with Crippen molar-refractivity contribution >= 4 is 28.5 Å². The Bertz CT molecular complexity index is 1180. The fraction of sp³-hybridized carbons (Fsp3) is 0. The minimum Gasteiger partial charge on any atom is -0.423 e. The highest BCUT2D eigenvalue weighted by atomic mass is 79.9. The molecule has 0 radical (unpaired) electrons. The smallest absolute Gasteiger partial charge is 0.423 e. The van der Waals surface area contributed by atoms with E-state index in [-0.39, 0.29) is 11.1 Å². The van der Waals surface area contributed by atoms with Crippen LogP contribution in [0.15, 0.2) is 83.8 Å². The van der Waals surface area contributed by atoms with Crippen LogP contribution in [0.25, 0.3) is 22.6 Å². The molecule has 8 nitrogen and oxygen atoms in total. The molecule has 2 aromatic carbocycles. The number of halogens is 1. The molecule has 10 heteroatoms. The molecule has 142 valence electrons. The molecule has 0 unspecified atom stereocenters. The zero-order chi connectivity index (χ0) is 20.1. The van der Waals surface area contributed by atoms with Crippen LogP contribution in [0.2, 0.25) is 0 Å². The molecule has 2 heterocycles. The van der Waals surface area contributed by atoms with Crippen molar-refractivity contribution in [3.63, 3.8) is 0 Å². The van der Waals surface area contributed by atoms with Gasteiger partial charge in [-0.15, -0.1) is 0 Å². The minimum absolute atomic E-state index is 0.227. The van der Waals surface area contributed by atoms with E-state index in [1.165, 1.54) is 18.2 Å². The third-order valence-electron chi connectivity index (χ3n) is 3.63. The molecule has 0 saturated carbocycles. The Morgan fingerprint density at radius 2 is 1.32 bits per heavy atom. The van der Waals surface area contributed by atoms with Crippen LogP contribution in [0.1, 0.15) is 0 Å². The normalized spacial score (nSPS) is 10.2. The molecule has 4 N–H and O–H groups in total. The van der Waals surface area contributed by atoms with Gasteiger partial charge in [-0.1, -0.05) is 52.3 Å². The highest BCUT2D eigenvalue weighted by Gasteiger charge is 2.12. The summed E-state index contributed by atoms with van der Waals surface area (Å²) in [5.41, 5.74) is 1.26. The number of rotatable bonds is 3. The van der Waals surface area contributed by atoms with Gasteiger partial charge in [-0.3, -0.25) is 9.59 Å². The van der Waals surface area contributed by atoms with E-state index < -0.39 is 7.12 Å². The molecule has 0 aliphatic heterocycles. The van der Waals surface area contributed by atoms with E-state index in [4.69, 9.17) is 19.1 Å². The van der Waals surface area contributed by atoms with E-state index >= 15 is 0 Å². The Morgan fingerprint density at radius 3 is 1.79 bits per heavy atom. The summed E-state index contributed by atoms with van der Waals surface area (Å²) in [6.07, 6.45) is 0. The summed E-state index contributed by atoms with van der Waals surface area (Å²) < 4.78 is 10.8. The lowest BCUT2D eigenvalue weighted by atomic mass is 9.79. The fourth-order valence-corrected chi connectivity index (χ4v) is 2.74. The van der Waals surface area contributed by atoms with Crippen LogP contribution < -0.4 is 16.6 Å². The van der Waals surface area contributed by atoms with Crippen molar-refractivity contribution in [2.75, 3.05) is 0 Å². The van der Waals surface area contributed by atoms with Gasteiger partial charge in [0.15, 0.2) is 11.5 Å². The summed E-state index contributed by atoms with van der Waals surface area (Å²) >= 11 is 3.34. The first kappa shape index (κ1) is 19.7. The second-order valence-electron chi connectivity index (χ2n) is 5.66. The molecule has 2 aromatic heterocycles. The average Bonchev–Trinajstić information content (AvgIpc) is 3.31. The van der Waals surface area contributed by atoms with Crippen LogP contribution in [-0.4, -0.2) is 27.5 Å². The van der Waals surface area contributed by atoms with Gasteiger partial charge in [0.05, 0.1) is 12.1 Å². The van der Waals surface area contributed by atoms with Crippen molar-refractivity contribution in [2.24, 2.45) is 0 Å². The molecule has 0 fully saturated rings. The van der Waals surface area contributed by atoms with Gasteiger partial charge in [0.2, 0.25) is 0 Å². The van der Waals surface area contributed by atoms with Crippen molar-refractivity contribution in [3.8, 4) is 22.6 Å². The number of aromatic amines is 2. The van der Waals surface area contributed by atoms with Crippen LogP contribution in [0, 0.1) is 0 Å². The maximum atomic E-state index is 10.8. The van der Waals surface area contributed by atoms with Gasteiger partial charge in [-0.25, -0.2) is 0 Å². The monoisotopic (exact) mass is 444 g/mol. The van der Waals surface area contributed by atoms with Crippen molar-refractivity contribution < 1.29 is 19.1 Å². The van der Waals surface area contributed by atoms with Gasteiger partial charge in [0.25, 0.3) is 11.1 Å². The Balaban J connectivity index is 0.000000162. The van der Waals surface area contributed by atoms with Crippen molar-refractivity contribution in [1.82, 2.24) is 10.3 Å². The van der Waals surface area contributed by atoms with E-state index in [9.17, 15) is 9.59 Å². The van der Waals surface area contributed by atoms with Gasteiger partial charge >= 0.3 is 7.12 Å². The van der Waals surface area contributed by atoms with Crippen molar-refractivity contribution in [1.29, 1.82) is 0 Å². The van der Waals surface area contributed by atoms with Gasteiger partial charge in [-0.05, 0) is 17.6 Å². The van der Waals surface area contributed by atoms with Crippen LogP contribution >= 0.6 is 15.9 Å². The highest BCUT2D eigenvalue weighted by molar-refractivity contribution is 9.10. The summed E-state index contributed by atoms with van der Waals surface area (Å²) in [6.45, 7) is 0. The molecule has 28 heavy (non-hydrogen) atoms. The van der Waals surface area contributed by atoms with Crippen molar-refractivity contribution in [2.45, 2.75) is 0 Å². The SMILES string of the molecule is O=c1cc(-c2cccc(B(O)O)c2)o[nH]1.O=c1cc(-c2cccc(Br)c2)o[nH]1. The molecule has 0 saturated heterocycles. The molecule has 0 bridgehead atoms. The Hall–Kier alpha value is -3.08. The van der Waals surface area contributed by atoms with Gasteiger partial charge in [0.1, 0.15) is 0 Å². The van der Waals surface area contributed by atoms with Gasteiger partial charge in [-0.2, -0.15) is 10.3 Å². The lowest BCUT2D eigenvalue weighted by molar-refractivity contribution is 0.424. The average molecular weight is 445 g/mol. The summed E-state index contributed by atoms with van der Waals surface area (Å²) in [6, 6.07) is 16.7. The molecule has 4 rings (SSSR count). The minimum atomic E-state index is -1.53. The van der Waals surface area contributed by atoms with E-state index in [0.717, 1.165) is 10.0 Å². The molecule has 0 amide bonds. The molecular formula is C18H14BBrN2O6. The first-order chi connectivity index (χ1) is 13.4.